The van der Waals surface area contributed by atoms with Crippen LogP contribution in [0.3, 0.4) is 0 Å². The molecule has 2 fully saturated rings. The minimum Gasteiger partial charge on any atom is -0.490 e. The fraction of sp³-hybridized carbons (Fsp3) is 0.667. The second-order valence-corrected chi connectivity index (χ2v) is 14.1. The molecule has 15 heteroatoms. The number of rotatable bonds is 14. The first kappa shape index (κ1) is 38.5. The lowest BCUT2D eigenvalue weighted by Gasteiger charge is -2.35. The van der Waals surface area contributed by atoms with Crippen molar-refractivity contribution in [3.8, 4) is 5.75 Å². The molecule has 0 spiro atoms. The fourth-order valence-corrected chi connectivity index (χ4v) is 5.49. The quantitative estimate of drug-likeness (QED) is 0.0722. The summed E-state index contributed by atoms with van der Waals surface area (Å²) < 4.78 is 27.3. The average Bonchev–Trinajstić information content (AvgIpc) is 3.36. The number of esters is 3. The van der Waals surface area contributed by atoms with Crippen LogP contribution in [0.2, 0.25) is 0 Å². The second-order valence-electron chi connectivity index (χ2n) is 14.1. The first-order chi connectivity index (χ1) is 22.3. The summed E-state index contributed by atoms with van der Waals surface area (Å²) in [7, 11) is 1.15. The van der Waals surface area contributed by atoms with E-state index in [0.29, 0.717) is 17.7 Å². The second kappa shape index (κ2) is 16.0. The number of nitrogens with zero attached hydrogens (tertiary/aromatic N) is 2. The van der Waals surface area contributed by atoms with Gasteiger partial charge < -0.3 is 40.5 Å². The molecular formula is C33H52N6O9. The molecule has 4 atom stereocenters. The zero-order chi connectivity index (χ0) is 35.9. The number of nitrogens with one attached hydrogen (secondary N) is 2. The zero-order valence-electron chi connectivity index (χ0n) is 29.1. The summed E-state index contributed by atoms with van der Waals surface area (Å²) in [4.78, 5) is 55.2. The lowest BCUT2D eigenvalue weighted by molar-refractivity contribution is -0.170. The van der Waals surface area contributed by atoms with Gasteiger partial charge in [0.2, 0.25) is 5.54 Å². The predicted octanol–water partition coefficient (Wildman–Crippen LogP) is 1.34. The number of hydrogen-bond donors (Lipinski definition) is 4. The van der Waals surface area contributed by atoms with Crippen LogP contribution in [0.25, 0.3) is 0 Å². The highest BCUT2D eigenvalue weighted by atomic mass is 16.6. The molecule has 15 nitrogen and oxygen atoms in total. The Labute approximate surface area is 282 Å². The highest BCUT2D eigenvalue weighted by Crippen LogP contribution is 2.25. The minimum absolute atomic E-state index is 0.000366. The normalized spacial score (nSPS) is 19.8. The molecule has 4 unspecified atom stereocenters. The molecule has 1 amide bonds. The number of hydrogen-bond acceptors (Lipinski definition) is 13. The number of carbonyl (C=O) groups excluding carboxylic acids is 4. The summed E-state index contributed by atoms with van der Waals surface area (Å²) in [5.41, 5.74) is 9.05. The van der Waals surface area contributed by atoms with E-state index in [1.807, 2.05) is 0 Å². The number of amides is 1. The van der Waals surface area contributed by atoms with Gasteiger partial charge in [0.05, 0.1) is 19.7 Å². The molecular weight excluding hydrogens is 624 g/mol. The Morgan fingerprint density at radius 3 is 2.10 bits per heavy atom. The lowest BCUT2D eigenvalue weighted by atomic mass is 9.91. The van der Waals surface area contributed by atoms with Gasteiger partial charge in [0.25, 0.3) is 0 Å². The average molecular weight is 677 g/mol. The molecule has 0 aliphatic carbocycles. The van der Waals surface area contributed by atoms with Crippen molar-refractivity contribution in [2.24, 2.45) is 11.5 Å². The predicted molar refractivity (Wildman–Crippen MR) is 176 cm³/mol. The van der Waals surface area contributed by atoms with Crippen molar-refractivity contribution in [2.45, 2.75) is 95.7 Å². The number of amidine groups is 1. The van der Waals surface area contributed by atoms with Gasteiger partial charge in [-0.05, 0) is 72.1 Å². The van der Waals surface area contributed by atoms with Gasteiger partial charge in [-0.25, -0.2) is 19.2 Å². The van der Waals surface area contributed by atoms with Crippen LogP contribution in [-0.2, 0) is 39.8 Å². The van der Waals surface area contributed by atoms with E-state index in [0.717, 1.165) is 33.3 Å². The van der Waals surface area contributed by atoms with Gasteiger partial charge in [0.15, 0.2) is 6.10 Å². The number of carbonyl (C=O) groups is 4. The number of nitrogens with two attached hydrogens (primary N) is 2. The third-order valence-corrected chi connectivity index (χ3v) is 7.78. The molecule has 3 rings (SSSR count). The molecule has 48 heavy (non-hydrogen) atoms. The summed E-state index contributed by atoms with van der Waals surface area (Å²) in [6.45, 7) is 13.4. The number of ether oxygens (including phenoxy) is 5. The summed E-state index contributed by atoms with van der Waals surface area (Å²) >= 11 is 0. The SMILES string of the molecule is COC(=O)C(N)(Cc1ccc(OCC2CN(C(CCC(C(=N)N)N3CCNCC3)C(=O)OC(C)(C)C)C(=O)O2)cc1)C(=O)OC(C)(C)C. The van der Waals surface area contributed by atoms with Crippen LogP contribution in [0.1, 0.15) is 59.9 Å². The molecule has 1 aromatic rings. The van der Waals surface area contributed by atoms with E-state index >= 15 is 0 Å². The molecule has 2 saturated heterocycles. The van der Waals surface area contributed by atoms with Crippen LogP contribution < -0.4 is 21.5 Å². The highest BCUT2D eigenvalue weighted by Gasteiger charge is 2.47. The number of benzene rings is 1. The van der Waals surface area contributed by atoms with Crippen LogP contribution in [0.4, 0.5) is 4.79 Å². The Balaban J connectivity index is 1.66. The Hall–Kier alpha value is -3.95. The van der Waals surface area contributed by atoms with Crippen molar-refractivity contribution in [3.05, 3.63) is 29.8 Å². The highest BCUT2D eigenvalue weighted by molar-refractivity contribution is 6.05. The van der Waals surface area contributed by atoms with Crippen LogP contribution in [0.15, 0.2) is 24.3 Å². The van der Waals surface area contributed by atoms with Gasteiger partial charge in [-0.3, -0.25) is 15.2 Å². The van der Waals surface area contributed by atoms with Crippen LogP contribution in [0, 0.1) is 5.41 Å². The van der Waals surface area contributed by atoms with E-state index in [-0.39, 0.29) is 37.9 Å². The van der Waals surface area contributed by atoms with Crippen molar-refractivity contribution in [2.75, 3.05) is 46.4 Å². The third-order valence-electron chi connectivity index (χ3n) is 7.78. The maximum Gasteiger partial charge on any atom is 0.411 e. The minimum atomic E-state index is -2.05. The van der Waals surface area contributed by atoms with Crippen LogP contribution in [-0.4, -0.2) is 121 Å². The molecule has 0 saturated carbocycles. The van der Waals surface area contributed by atoms with Crippen molar-refractivity contribution >= 4 is 29.8 Å². The van der Waals surface area contributed by atoms with Gasteiger partial charge in [-0.15, -0.1) is 0 Å². The van der Waals surface area contributed by atoms with E-state index in [9.17, 15) is 19.2 Å². The molecule has 6 N–H and O–H groups in total. The van der Waals surface area contributed by atoms with Crippen LogP contribution in [0.5, 0.6) is 5.75 Å². The van der Waals surface area contributed by atoms with Gasteiger partial charge in [0.1, 0.15) is 35.4 Å². The number of methoxy groups -OCH3 is 1. The Bertz CT molecular complexity index is 1300. The lowest BCUT2D eigenvalue weighted by Crippen LogP contribution is -2.59. The Morgan fingerprint density at radius 2 is 1.56 bits per heavy atom. The van der Waals surface area contributed by atoms with Gasteiger partial charge in [-0.2, -0.15) is 0 Å². The van der Waals surface area contributed by atoms with Gasteiger partial charge in [-0.1, -0.05) is 12.1 Å². The molecule has 2 heterocycles. The maximum absolute atomic E-state index is 13.4. The smallest absolute Gasteiger partial charge is 0.411 e. The molecule has 268 valence electrons. The molecule has 2 aliphatic rings. The van der Waals surface area contributed by atoms with E-state index in [4.69, 9.17) is 40.6 Å². The maximum atomic E-state index is 13.4. The molecule has 1 aromatic carbocycles. The summed E-state index contributed by atoms with van der Waals surface area (Å²) in [6, 6.07) is 5.26. The van der Waals surface area contributed by atoms with Gasteiger partial charge in [0, 0.05) is 32.6 Å². The van der Waals surface area contributed by atoms with Gasteiger partial charge >= 0.3 is 24.0 Å². The Morgan fingerprint density at radius 1 is 0.979 bits per heavy atom. The monoisotopic (exact) mass is 676 g/mol. The first-order valence-corrected chi connectivity index (χ1v) is 16.1. The van der Waals surface area contributed by atoms with Crippen molar-refractivity contribution < 1.29 is 42.9 Å². The van der Waals surface area contributed by atoms with E-state index in [1.165, 1.54) is 4.90 Å². The number of cyclic esters (lactones) is 1. The number of piperazine rings is 1. The molecule has 0 bridgehead atoms. The van der Waals surface area contributed by atoms with Crippen molar-refractivity contribution in [1.82, 2.24) is 15.1 Å². The van der Waals surface area contributed by atoms with E-state index in [1.54, 1.807) is 65.8 Å². The molecule has 2 aliphatic heterocycles. The van der Waals surface area contributed by atoms with Crippen LogP contribution >= 0.6 is 0 Å². The summed E-state index contributed by atoms with van der Waals surface area (Å²) in [5, 5.41) is 11.4. The third kappa shape index (κ3) is 10.8. The van der Waals surface area contributed by atoms with E-state index in [2.05, 4.69) is 10.2 Å². The molecule has 0 aromatic heterocycles. The first-order valence-electron chi connectivity index (χ1n) is 16.1. The van der Waals surface area contributed by atoms with E-state index < -0.39 is 52.9 Å². The fourth-order valence-electron chi connectivity index (χ4n) is 5.49. The largest absolute Gasteiger partial charge is 0.490 e. The van der Waals surface area contributed by atoms with Crippen molar-refractivity contribution in [1.29, 1.82) is 5.41 Å². The van der Waals surface area contributed by atoms with Crippen molar-refractivity contribution in [3.63, 3.8) is 0 Å². The Kier molecular flexibility index (Phi) is 12.8. The standard InChI is InChI=1S/C33H52N6O9/c1-31(2,3)47-27(40)25(13-12-24(26(34)35)38-16-14-37-15-17-38)39-19-23(46-30(39)43)20-45-22-10-8-21(9-11-22)18-33(36,28(41)44-7)29(42)48-32(4,5)6/h8-11,23-25,37H,12-20,36H2,1-7H3,(H3,34,35). The zero-order valence-corrected chi connectivity index (χ0v) is 29.1. The topological polar surface area (TPSA) is 209 Å². The molecule has 0 radical (unpaired) electrons. The summed E-state index contributed by atoms with van der Waals surface area (Å²) in [6.07, 6.45) is -0.910. The summed E-state index contributed by atoms with van der Waals surface area (Å²) in [5.74, 6) is -1.94.